The summed E-state index contributed by atoms with van der Waals surface area (Å²) in [6.07, 6.45) is -3.12. The summed E-state index contributed by atoms with van der Waals surface area (Å²) in [6.45, 7) is 0.221. The van der Waals surface area contributed by atoms with E-state index in [0.717, 1.165) is 12.1 Å². The molecule has 4 rings (SSSR count). The lowest BCUT2D eigenvalue weighted by Gasteiger charge is -2.20. The first kappa shape index (κ1) is 24.2. The van der Waals surface area contributed by atoms with E-state index in [2.05, 4.69) is 10.6 Å². The zero-order chi connectivity index (χ0) is 25.4. The molecular formula is C24H18F3N3O4S. The van der Waals surface area contributed by atoms with E-state index >= 15 is 0 Å². The van der Waals surface area contributed by atoms with Gasteiger partial charge in [-0.1, -0.05) is 30.3 Å². The number of hydrogen-bond donors (Lipinski definition) is 3. The highest BCUT2D eigenvalue weighted by Crippen LogP contribution is 2.34. The van der Waals surface area contributed by atoms with Crippen LogP contribution in [-0.4, -0.2) is 20.2 Å². The Morgan fingerprint density at radius 3 is 2.23 bits per heavy atom. The molecule has 0 radical (unpaired) electrons. The average Bonchev–Trinajstić information content (AvgIpc) is 2.80. The smallest absolute Gasteiger partial charge is 0.386 e. The van der Waals surface area contributed by atoms with E-state index < -0.39 is 33.6 Å². The minimum atomic E-state index is -4.51. The first-order valence-corrected chi connectivity index (χ1v) is 11.7. The van der Waals surface area contributed by atoms with E-state index in [1.165, 1.54) is 48.7 Å². The van der Waals surface area contributed by atoms with Crippen molar-refractivity contribution in [3.63, 3.8) is 0 Å². The molecule has 3 aromatic rings. The standard InChI is InChI=1S/C24H18F3N3O4S/c25-24(26,27)17-3-1-2-15(10-17)16-6-9-19-20(11-16)21(23(32)30-22(19)31)13-29-12-14-4-7-18(8-5-14)35(28,33)34/h1-11,13,29H,12H2,(H2,28,33,34)(H,30,31,32)/b21-13-. The van der Waals surface area contributed by atoms with Crippen molar-refractivity contribution < 1.29 is 31.2 Å². The second-order valence-corrected chi connectivity index (χ2v) is 9.31. The maximum atomic E-state index is 13.1. The lowest BCUT2D eigenvalue weighted by Crippen LogP contribution is -2.37. The van der Waals surface area contributed by atoms with Gasteiger partial charge in [0.05, 0.1) is 16.0 Å². The Kier molecular flexibility index (Phi) is 6.22. The summed E-state index contributed by atoms with van der Waals surface area (Å²) in [7, 11) is -3.82. The van der Waals surface area contributed by atoms with Crippen LogP contribution in [0.5, 0.6) is 0 Å². The Bertz CT molecular complexity index is 1460. The predicted molar refractivity (Wildman–Crippen MR) is 122 cm³/mol. The van der Waals surface area contributed by atoms with Gasteiger partial charge in [-0.15, -0.1) is 0 Å². The van der Waals surface area contributed by atoms with Crippen molar-refractivity contribution >= 4 is 27.4 Å². The monoisotopic (exact) mass is 501 g/mol. The number of fused-ring (bicyclic) bond motifs is 1. The van der Waals surface area contributed by atoms with Gasteiger partial charge in [0.15, 0.2) is 0 Å². The molecule has 180 valence electrons. The number of carbonyl (C=O) groups excluding carboxylic acids is 2. The summed E-state index contributed by atoms with van der Waals surface area (Å²) in [5, 5.41) is 10.3. The van der Waals surface area contributed by atoms with Gasteiger partial charge in [-0.25, -0.2) is 13.6 Å². The van der Waals surface area contributed by atoms with Crippen molar-refractivity contribution in [1.29, 1.82) is 0 Å². The van der Waals surface area contributed by atoms with Crippen molar-refractivity contribution in [2.45, 2.75) is 17.6 Å². The minimum Gasteiger partial charge on any atom is -0.386 e. The highest BCUT2D eigenvalue weighted by Gasteiger charge is 2.31. The van der Waals surface area contributed by atoms with Gasteiger partial charge in [-0.2, -0.15) is 13.2 Å². The molecule has 0 bridgehead atoms. The SMILES string of the molecule is NS(=O)(=O)c1ccc(CN/C=C2\C(=O)NC(=O)c3ccc(-c4cccc(C(F)(F)F)c4)cc32)cc1. The van der Waals surface area contributed by atoms with Crippen LogP contribution in [0, 0.1) is 0 Å². The van der Waals surface area contributed by atoms with Crippen LogP contribution in [0.4, 0.5) is 13.2 Å². The van der Waals surface area contributed by atoms with Gasteiger partial charge in [0.1, 0.15) is 0 Å². The van der Waals surface area contributed by atoms with Crippen molar-refractivity contribution in [2.24, 2.45) is 5.14 Å². The van der Waals surface area contributed by atoms with Crippen molar-refractivity contribution in [2.75, 3.05) is 0 Å². The van der Waals surface area contributed by atoms with E-state index in [-0.39, 0.29) is 33.7 Å². The van der Waals surface area contributed by atoms with E-state index in [1.54, 1.807) is 12.1 Å². The fourth-order valence-electron chi connectivity index (χ4n) is 3.59. The third-order valence-electron chi connectivity index (χ3n) is 5.35. The fourth-order valence-corrected chi connectivity index (χ4v) is 4.11. The van der Waals surface area contributed by atoms with Crippen LogP contribution >= 0.6 is 0 Å². The largest absolute Gasteiger partial charge is 0.416 e. The normalized spacial score (nSPS) is 15.0. The number of primary sulfonamides is 1. The molecule has 0 unspecified atom stereocenters. The summed E-state index contributed by atoms with van der Waals surface area (Å²) in [4.78, 5) is 24.8. The van der Waals surface area contributed by atoms with Crippen molar-refractivity contribution in [1.82, 2.24) is 10.6 Å². The summed E-state index contributed by atoms with van der Waals surface area (Å²) in [6, 6.07) is 15.0. The van der Waals surface area contributed by atoms with Gasteiger partial charge in [0.2, 0.25) is 10.0 Å². The molecule has 0 spiro atoms. The topological polar surface area (TPSA) is 118 Å². The molecule has 0 aromatic heterocycles. The van der Waals surface area contributed by atoms with Gasteiger partial charge < -0.3 is 5.32 Å². The molecule has 11 heteroatoms. The lowest BCUT2D eigenvalue weighted by atomic mass is 9.91. The van der Waals surface area contributed by atoms with Crippen molar-refractivity contribution in [3.05, 3.63) is 95.2 Å². The number of rotatable bonds is 5. The maximum Gasteiger partial charge on any atom is 0.416 e. The maximum absolute atomic E-state index is 13.1. The first-order valence-electron chi connectivity index (χ1n) is 10.2. The first-order chi connectivity index (χ1) is 16.4. The summed E-state index contributed by atoms with van der Waals surface area (Å²) in [5.41, 5.74) is 1.16. The Hall–Kier alpha value is -3.96. The molecule has 7 nitrogen and oxygen atoms in total. The van der Waals surface area contributed by atoms with Crippen molar-refractivity contribution in [3.8, 4) is 11.1 Å². The van der Waals surface area contributed by atoms with Crippen LogP contribution in [0.25, 0.3) is 16.7 Å². The van der Waals surface area contributed by atoms with Crippen LogP contribution in [0.3, 0.4) is 0 Å². The summed E-state index contributed by atoms with van der Waals surface area (Å²) in [5.74, 6) is -1.28. The number of halogens is 3. The van der Waals surface area contributed by atoms with Gasteiger partial charge in [-0.05, 0) is 53.1 Å². The number of hydrogen-bond acceptors (Lipinski definition) is 5. The number of nitrogens with two attached hydrogens (primary N) is 1. The van der Waals surface area contributed by atoms with Crippen LogP contribution in [0.2, 0.25) is 0 Å². The molecule has 3 aromatic carbocycles. The van der Waals surface area contributed by atoms with Crippen LogP contribution in [-0.2, 0) is 27.5 Å². The number of alkyl halides is 3. The number of carbonyl (C=O) groups is 2. The quantitative estimate of drug-likeness (QED) is 0.366. The predicted octanol–water partition coefficient (Wildman–Crippen LogP) is 3.42. The highest BCUT2D eigenvalue weighted by atomic mass is 32.2. The Balaban J connectivity index is 1.64. The molecule has 0 saturated heterocycles. The van der Waals surface area contributed by atoms with Crippen LogP contribution < -0.4 is 15.8 Å². The third kappa shape index (κ3) is 5.26. The zero-order valence-corrected chi connectivity index (χ0v) is 18.7. The molecule has 0 atom stereocenters. The average molecular weight is 501 g/mol. The van der Waals surface area contributed by atoms with Gasteiger partial charge in [0.25, 0.3) is 11.8 Å². The molecule has 4 N–H and O–H groups in total. The second kappa shape index (κ2) is 9.01. The molecule has 0 fully saturated rings. The Morgan fingerprint density at radius 1 is 0.886 bits per heavy atom. The van der Waals surface area contributed by atoms with E-state index in [4.69, 9.17) is 5.14 Å². The molecule has 1 heterocycles. The number of benzene rings is 3. The number of nitrogens with one attached hydrogen (secondary N) is 2. The number of imide groups is 1. The molecular weight excluding hydrogens is 483 g/mol. The number of amides is 2. The molecule has 2 amide bonds. The summed E-state index contributed by atoms with van der Waals surface area (Å²) >= 11 is 0. The zero-order valence-electron chi connectivity index (χ0n) is 17.9. The molecule has 0 aliphatic carbocycles. The highest BCUT2D eigenvalue weighted by molar-refractivity contribution is 7.89. The molecule has 35 heavy (non-hydrogen) atoms. The van der Waals surface area contributed by atoms with Gasteiger partial charge >= 0.3 is 6.18 Å². The van der Waals surface area contributed by atoms with Crippen LogP contribution in [0.15, 0.2) is 77.8 Å². The molecule has 0 saturated carbocycles. The molecule has 1 aliphatic heterocycles. The molecule has 1 aliphatic rings. The van der Waals surface area contributed by atoms with Gasteiger partial charge in [-0.3, -0.25) is 14.9 Å². The number of sulfonamides is 1. The lowest BCUT2D eigenvalue weighted by molar-refractivity contribution is -0.137. The van der Waals surface area contributed by atoms with E-state index in [1.807, 2.05) is 0 Å². The Morgan fingerprint density at radius 2 is 1.57 bits per heavy atom. The third-order valence-corrected chi connectivity index (χ3v) is 6.28. The van der Waals surface area contributed by atoms with E-state index in [9.17, 15) is 31.2 Å². The van der Waals surface area contributed by atoms with Gasteiger partial charge in [0, 0.05) is 23.9 Å². The fraction of sp³-hybridized carbons (Fsp3) is 0.0833. The minimum absolute atomic E-state index is 0.0409. The summed E-state index contributed by atoms with van der Waals surface area (Å²) < 4.78 is 62.1. The van der Waals surface area contributed by atoms with Crippen LogP contribution in [0.1, 0.15) is 27.0 Å². The Labute approximate surface area is 198 Å². The second-order valence-electron chi connectivity index (χ2n) is 7.75. The van der Waals surface area contributed by atoms with E-state index in [0.29, 0.717) is 11.1 Å².